The van der Waals surface area contributed by atoms with Crippen molar-refractivity contribution < 1.29 is 19.5 Å². The van der Waals surface area contributed by atoms with Gasteiger partial charge in [0.1, 0.15) is 5.69 Å². The molecule has 0 aliphatic rings. The summed E-state index contributed by atoms with van der Waals surface area (Å²) in [5, 5.41) is 18.0. The van der Waals surface area contributed by atoms with Crippen LogP contribution in [0.3, 0.4) is 0 Å². The van der Waals surface area contributed by atoms with Gasteiger partial charge in [-0.05, 0) is 38.5 Å². The van der Waals surface area contributed by atoms with Crippen molar-refractivity contribution in [2.24, 2.45) is 5.73 Å². The lowest BCUT2D eigenvalue weighted by molar-refractivity contribution is 0.0996. The molecular weight excluding hydrogens is 426 g/mol. The van der Waals surface area contributed by atoms with Crippen LogP contribution in [0.15, 0.2) is 18.2 Å². The number of aromatic nitrogens is 4. The highest BCUT2D eigenvalue weighted by atomic mass is 16.4. The van der Waals surface area contributed by atoms with Crippen molar-refractivity contribution in [1.29, 1.82) is 0 Å². The van der Waals surface area contributed by atoms with Gasteiger partial charge in [0.25, 0.3) is 5.91 Å². The number of anilines is 1. The standard InChI is InChI=1S/C22H25N7O4/c1-4-9-28-18-14(7-6-8-24-22(32)33)11-15(19(23)30)12-16(18)25-21(28)26-20(31)17-10-13(3)27-29(17)5-2/h10-12,24H,4-5,8-9H2,1-3H3,(H2,23,30)(H,32,33)(H,25,26,31). The third-order valence-electron chi connectivity index (χ3n) is 4.78. The first kappa shape index (κ1) is 23.3. The van der Waals surface area contributed by atoms with Crippen molar-refractivity contribution in [2.75, 3.05) is 11.9 Å². The molecule has 11 nitrogen and oxygen atoms in total. The number of hydrogen-bond donors (Lipinski definition) is 4. The van der Waals surface area contributed by atoms with Crippen LogP contribution in [0.25, 0.3) is 11.0 Å². The highest BCUT2D eigenvalue weighted by molar-refractivity contribution is 6.04. The molecule has 0 unspecified atom stereocenters. The minimum absolute atomic E-state index is 0.0938. The summed E-state index contributed by atoms with van der Waals surface area (Å²) in [5.41, 5.74) is 8.30. The van der Waals surface area contributed by atoms with E-state index in [1.54, 1.807) is 16.8 Å². The third kappa shape index (κ3) is 5.12. The molecule has 0 aliphatic carbocycles. The van der Waals surface area contributed by atoms with E-state index in [1.807, 2.05) is 25.3 Å². The topological polar surface area (TPSA) is 157 Å². The summed E-state index contributed by atoms with van der Waals surface area (Å²) in [6.07, 6.45) is -0.450. The van der Waals surface area contributed by atoms with Crippen LogP contribution in [0.5, 0.6) is 0 Å². The maximum atomic E-state index is 13.0. The van der Waals surface area contributed by atoms with Gasteiger partial charge >= 0.3 is 6.09 Å². The number of amides is 3. The predicted octanol–water partition coefficient (Wildman–Crippen LogP) is 1.94. The lowest BCUT2D eigenvalue weighted by Crippen LogP contribution is -2.20. The lowest BCUT2D eigenvalue weighted by atomic mass is 10.1. The summed E-state index contributed by atoms with van der Waals surface area (Å²) in [4.78, 5) is 40.0. The number of carbonyl (C=O) groups excluding carboxylic acids is 2. The summed E-state index contributed by atoms with van der Waals surface area (Å²) >= 11 is 0. The molecule has 0 aliphatic heterocycles. The molecule has 2 heterocycles. The van der Waals surface area contributed by atoms with Gasteiger partial charge in [0.2, 0.25) is 11.9 Å². The number of benzene rings is 1. The minimum Gasteiger partial charge on any atom is -0.465 e. The molecule has 33 heavy (non-hydrogen) atoms. The molecular formula is C22H25N7O4. The molecule has 0 bridgehead atoms. The molecule has 0 spiro atoms. The summed E-state index contributed by atoms with van der Waals surface area (Å²) in [6, 6.07) is 4.77. The summed E-state index contributed by atoms with van der Waals surface area (Å²) in [5.74, 6) is 4.89. The van der Waals surface area contributed by atoms with E-state index in [1.165, 1.54) is 6.07 Å². The van der Waals surface area contributed by atoms with E-state index in [2.05, 4.69) is 32.6 Å². The molecule has 0 saturated carbocycles. The van der Waals surface area contributed by atoms with Gasteiger partial charge in [-0.1, -0.05) is 18.8 Å². The summed E-state index contributed by atoms with van der Waals surface area (Å²) < 4.78 is 3.42. The Bertz CT molecular complexity index is 1290. The molecule has 0 saturated heterocycles. The van der Waals surface area contributed by atoms with Crippen molar-refractivity contribution >= 4 is 34.9 Å². The van der Waals surface area contributed by atoms with Gasteiger partial charge in [0, 0.05) is 18.7 Å². The number of rotatable bonds is 7. The first-order chi connectivity index (χ1) is 15.7. The zero-order valence-electron chi connectivity index (χ0n) is 18.6. The van der Waals surface area contributed by atoms with E-state index in [4.69, 9.17) is 10.8 Å². The van der Waals surface area contributed by atoms with E-state index >= 15 is 0 Å². The Balaban J connectivity index is 2.11. The number of fused-ring (bicyclic) bond motifs is 1. The Hall–Kier alpha value is -4.33. The minimum atomic E-state index is -1.19. The van der Waals surface area contributed by atoms with Gasteiger partial charge in [-0.25, -0.2) is 9.78 Å². The van der Waals surface area contributed by atoms with Crippen LogP contribution in [-0.4, -0.2) is 48.9 Å². The number of nitrogens with zero attached hydrogens (tertiary/aromatic N) is 4. The van der Waals surface area contributed by atoms with Crippen LogP contribution in [-0.2, 0) is 13.1 Å². The van der Waals surface area contributed by atoms with Gasteiger partial charge < -0.3 is 20.7 Å². The van der Waals surface area contributed by atoms with Crippen LogP contribution in [0.2, 0.25) is 0 Å². The van der Waals surface area contributed by atoms with Gasteiger partial charge in [0.15, 0.2) is 0 Å². The fraction of sp³-hybridized carbons (Fsp3) is 0.318. The Morgan fingerprint density at radius 2 is 1.97 bits per heavy atom. The smallest absolute Gasteiger partial charge is 0.405 e. The number of imidazole rings is 1. The Labute approximate surface area is 190 Å². The van der Waals surface area contributed by atoms with Crippen molar-refractivity contribution in [3.63, 3.8) is 0 Å². The van der Waals surface area contributed by atoms with Crippen LogP contribution in [0, 0.1) is 18.8 Å². The highest BCUT2D eigenvalue weighted by Crippen LogP contribution is 2.26. The van der Waals surface area contributed by atoms with E-state index in [0.717, 1.165) is 12.1 Å². The first-order valence-corrected chi connectivity index (χ1v) is 10.4. The van der Waals surface area contributed by atoms with Crippen molar-refractivity contribution in [2.45, 2.75) is 40.3 Å². The fourth-order valence-electron chi connectivity index (χ4n) is 3.44. The molecule has 1 aromatic carbocycles. The second-order valence-corrected chi connectivity index (χ2v) is 7.24. The molecule has 5 N–H and O–H groups in total. The Morgan fingerprint density at radius 3 is 2.61 bits per heavy atom. The van der Waals surface area contributed by atoms with Gasteiger partial charge in [-0.2, -0.15) is 5.10 Å². The maximum absolute atomic E-state index is 13.0. The SMILES string of the molecule is CCCn1c(NC(=O)c2cc(C)nn2CC)nc2cc(C(N)=O)cc(C#CCNC(=O)O)c21. The van der Waals surface area contributed by atoms with Gasteiger partial charge in [0.05, 0.1) is 28.8 Å². The predicted molar refractivity (Wildman–Crippen MR) is 122 cm³/mol. The zero-order valence-corrected chi connectivity index (χ0v) is 18.6. The molecule has 172 valence electrons. The second-order valence-electron chi connectivity index (χ2n) is 7.24. The van der Waals surface area contributed by atoms with Crippen molar-refractivity contribution in [3.8, 4) is 11.8 Å². The monoisotopic (exact) mass is 451 g/mol. The van der Waals surface area contributed by atoms with Gasteiger partial charge in [-0.15, -0.1) is 0 Å². The molecule has 0 radical (unpaired) electrons. The van der Waals surface area contributed by atoms with Crippen LogP contribution >= 0.6 is 0 Å². The number of aryl methyl sites for hydroxylation is 3. The van der Waals surface area contributed by atoms with Gasteiger partial charge in [-0.3, -0.25) is 19.6 Å². The summed E-state index contributed by atoms with van der Waals surface area (Å²) in [6.45, 7) is 6.65. The molecule has 2 aromatic heterocycles. The zero-order chi connectivity index (χ0) is 24.1. The Kier molecular flexibility index (Phi) is 6.97. The molecule has 11 heteroatoms. The van der Waals surface area contributed by atoms with E-state index in [0.29, 0.717) is 41.3 Å². The molecule has 3 amide bonds. The third-order valence-corrected chi connectivity index (χ3v) is 4.78. The molecule has 3 rings (SSSR count). The van der Waals surface area contributed by atoms with Crippen LogP contribution < -0.4 is 16.4 Å². The quantitative estimate of drug-likeness (QED) is 0.402. The average molecular weight is 451 g/mol. The number of nitrogens with two attached hydrogens (primary N) is 1. The number of hydrogen-bond acceptors (Lipinski definition) is 5. The molecule has 3 aromatic rings. The lowest BCUT2D eigenvalue weighted by Gasteiger charge is -2.10. The van der Waals surface area contributed by atoms with Crippen LogP contribution in [0.1, 0.15) is 52.4 Å². The van der Waals surface area contributed by atoms with E-state index in [9.17, 15) is 14.4 Å². The number of nitrogens with one attached hydrogen (secondary N) is 2. The number of carbonyl (C=O) groups is 3. The van der Waals surface area contributed by atoms with E-state index < -0.39 is 12.0 Å². The normalized spacial score (nSPS) is 10.5. The van der Waals surface area contributed by atoms with E-state index in [-0.39, 0.29) is 18.0 Å². The number of carboxylic acid groups (broad SMARTS) is 1. The summed E-state index contributed by atoms with van der Waals surface area (Å²) in [7, 11) is 0. The average Bonchev–Trinajstić information content (AvgIpc) is 3.31. The molecule has 0 atom stereocenters. The second kappa shape index (κ2) is 9.86. The van der Waals surface area contributed by atoms with Crippen LogP contribution in [0.4, 0.5) is 10.7 Å². The highest BCUT2D eigenvalue weighted by Gasteiger charge is 2.20. The first-order valence-electron chi connectivity index (χ1n) is 10.4. The largest absolute Gasteiger partial charge is 0.465 e. The molecule has 0 fully saturated rings. The fourth-order valence-corrected chi connectivity index (χ4v) is 3.44. The number of primary amides is 1. The van der Waals surface area contributed by atoms with Crippen molar-refractivity contribution in [3.05, 3.63) is 40.7 Å². The Morgan fingerprint density at radius 1 is 1.21 bits per heavy atom. The maximum Gasteiger partial charge on any atom is 0.405 e. The van der Waals surface area contributed by atoms with Crippen molar-refractivity contribution in [1.82, 2.24) is 24.6 Å².